The molecule has 37 heavy (non-hydrogen) atoms. The molecular formula is C27H24ClN3O6. The van der Waals surface area contributed by atoms with Crippen molar-refractivity contribution in [2.24, 2.45) is 0 Å². The summed E-state index contributed by atoms with van der Waals surface area (Å²) in [6, 6.07) is 17.2. The van der Waals surface area contributed by atoms with E-state index in [2.05, 4.69) is 15.0 Å². The first kappa shape index (κ1) is 23.9. The Bertz CT molecular complexity index is 1440. The lowest BCUT2D eigenvalue weighted by Gasteiger charge is -2.15. The number of H-pyrrole nitrogens is 1. The molecular weight excluding hydrogens is 498 g/mol. The Morgan fingerprint density at radius 2 is 1.70 bits per heavy atom. The van der Waals surface area contributed by atoms with Crippen molar-refractivity contribution in [1.82, 2.24) is 15.0 Å². The van der Waals surface area contributed by atoms with Gasteiger partial charge < -0.3 is 29.0 Å². The lowest BCUT2D eigenvalue weighted by molar-refractivity contribution is 0.00706. The van der Waals surface area contributed by atoms with Crippen LogP contribution in [0.3, 0.4) is 0 Å². The first-order chi connectivity index (χ1) is 18.0. The van der Waals surface area contributed by atoms with Crippen LogP contribution in [0, 0.1) is 0 Å². The third-order valence-corrected chi connectivity index (χ3v) is 6.83. The van der Waals surface area contributed by atoms with Crippen molar-refractivity contribution in [3.8, 4) is 28.4 Å². The van der Waals surface area contributed by atoms with Crippen LogP contribution >= 0.6 is 11.6 Å². The van der Waals surface area contributed by atoms with E-state index in [-0.39, 0.29) is 36.9 Å². The molecule has 6 rings (SSSR count). The van der Waals surface area contributed by atoms with Crippen LogP contribution in [0.15, 0.2) is 54.6 Å². The maximum atomic E-state index is 11.9. The second kappa shape index (κ2) is 9.75. The second-order valence-electron chi connectivity index (χ2n) is 8.93. The number of rotatable bonds is 6. The molecule has 2 aromatic carbocycles. The minimum atomic E-state index is -0.646. The van der Waals surface area contributed by atoms with Gasteiger partial charge in [0.1, 0.15) is 18.3 Å². The summed E-state index contributed by atoms with van der Waals surface area (Å²) in [6.45, 7) is 2.66. The molecule has 0 spiro atoms. The molecule has 2 aliphatic heterocycles. The number of aromatic nitrogens is 3. The quantitative estimate of drug-likeness (QED) is 0.365. The highest BCUT2D eigenvalue weighted by molar-refractivity contribution is 6.33. The number of carbonyl (C=O) groups is 1. The molecule has 0 unspecified atom stereocenters. The minimum Gasteiger partial charge on any atom is -0.462 e. The number of pyridine rings is 1. The molecule has 10 heteroatoms. The lowest BCUT2D eigenvalue weighted by atomic mass is 10.0. The van der Waals surface area contributed by atoms with Gasteiger partial charge in [-0.15, -0.1) is 0 Å². The van der Waals surface area contributed by atoms with Gasteiger partial charge in [0.15, 0.2) is 11.8 Å². The Morgan fingerprint density at radius 1 is 1.03 bits per heavy atom. The number of halogens is 1. The number of hydrogen-bond donors (Lipinski definition) is 2. The number of carbonyl (C=O) groups excluding carboxylic acids is 1. The molecule has 2 aliphatic rings. The zero-order chi connectivity index (χ0) is 25.5. The van der Waals surface area contributed by atoms with Gasteiger partial charge in [0, 0.05) is 5.56 Å². The highest BCUT2D eigenvalue weighted by Crippen LogP contribution is 2.33. The first-order valence-electron chi connectivity index (χ1n) is 12.0. The number of fused-ring (bicyclic) bond motifs is 2. The molecule has 0 radical (unpaired) electrons. The molecule has 2 saturated heterocycles. The van der Waals surface area contributed by atoms with E-state index in [9.17, 15) is 9.90 Å². The smallest absolute Gasteiger partial charge is 0.338 e. The average Bonchev–Trinajstić information content (AvgIpc) is 3.60. The van der Waals surface area contributed by atoms with Gasteiger partial charge in [0.25, 0.3) is 6.01 Å². The molecule has 9 nitrogen and oxygen atoms in total. The van der Waals surface area contributed by atoms with Crippen LogP contribution in [0.4, 0.5) is 0 Å². The molecule has 2 fully saturated rings. The minimum absolute atomic E-state index is 0.230. The number of imidazole rings is 1. The molecule has 0 saturated carbocycles. The monoisotopic (exact) mass is 521 g/mol. The number of ether oxygens (including phenoxy) is 4. The maximum absolute atomic E-state index is 11.9. The molecule has 4 heterocycles. The number of nitrogens with zero attached hydrogens (tertiary/aromatic N) is 2. The van der Waals surface area contributed by atoms with Gasteiger partial charge in [-0.25, -0.2) is 9.78 Å². The van der Waals surface area contributed by atoms with Gasteiger partial charge in [-0.3, -0.25) is 0 Å². The summed E-state index contributed by atoms with van der Waals surface area (Å²) in [6.07, 6.45) is -1.74. The van der Waals surface area contributed by atoms with Crippen LogP contribution in [-0.2, 0) is 14.2 Å². The summed E-state index contributed by atoms with van der Waals surface area (Å²) in [4.78, 5) is 24.1. The Hall–Kier alpha value is -3.50. The third kappa shape index (κ3) is 4.55. The van der Waals surface area contributed by atoms with Gasteiger partial charge in [0.2, 0.25) is 0 Å². The molecule has 4 atom stereocenters. The number of aliphatic hydroxyl groups is 1. The molecule has 0 bridgehead atoms. The SMILES string of the molecule is CCOC(=O)c1ccc(-c2ccc(-c3nc4nc(O[C@@H]5CO[C@H]6[C@@H]5OC[C@H]6O)[nH]c4cc3Cl)cc2)cc1. The molecule has 2 aromatic heterocycles. The number of esters is 1. The van der Waals surface area contributed by atoms with Crippen LogP contribution < -0.4 is 4.74 Å². The average molecular weight is 522 g/mol. The number of nitrogens with one attached hydrogen (secondary N) is 1. The summed E-state index contributed by atoms with van der Waals surface area (Å²) in [5.41, 5.74) is 5.03. The van der Waals surface area contributed by atoms with Crippen LogP contribution in [0.5, 0.6) is 6.01 Å². The molecule has 2 N–H and O–H groups in total. The fourth-order valence-electron chi connectivity index (χ4n) is 4.68. The summed E-state index contributed by atoms with van der Waals surface area (Å²) in [5.74, 6) is -0.334. The summed E-state index contributed by atoms with van der Waals surface area (Å²) in [7, 11) is 0. The summed E-state index contributed by atoms with van der Waals surface area (Å²) >= 11 is 6.57. The fourth-order valence-corrected chi connectivity index (χ4v) is 4.94. The lowest BCUT2D eigenvalue weighted by Crippen LogP contribution is -2.34. The zero-order valence-electron chi connectivity index (χ0n) is 19.9. The maximum Gasteiger partial charge on any atom is 0.338 e. The Labute approximate surface area is 217 Å². The number of hydrogen-bond acceptors (Lipinski definition) is 8. The third-order valence-electron chi connectivity index (χ3n) is 6.54. The molecule has 4 aromatic rings. The normalized spacial score (nSPS) is 22.8. The van der Waals surface area contributed by atoms with Gasteiger partial charge in [-0.05, 0) is 36.2 Å². The van der Waals surface area contributed by atoms with E-state index in [1.807, 2.05) is 36.4 Å². The Balaban J connectivity index is 1.20. The molecule has 190 valence electrons. The number of aromatic amines is 1. The van der Waals surface area contributed by atoms with Crippen molar-refractivity contribution >= 4 is 28.7 Å². The Morgan fingerprint density at radius 3 is 2.43 bits per heavy atom. The number of benzene rings is 2. The van der Waals surface area contributed by atoms with E-state index < -0.39 is 6.10 Å². The standard InChI is InChI=1S/C27H24ClN3O6/c1-2-34-26(33)17-9-5-15(6-10-17)14-3-7-16(8-4-14)22-18(28)11-19-25(30-22)31-27(29-19)37-21-13-36-23-20(32)12-35-24(21)23/h3-11,20-21,23-24,32H,2,12-13H2,1H3,(H,29,30,31)/t20-,21-,23-,24-/m1/s1. The van der Waals surface area contributed by atoms with Crippen LogP contribution in [0.2, 0.25) is 5.02 Å². The van der Waals surface area contributed by atoms with E-state index in [1.165, 1.54) is 0 Å². The highest BCUT2D eigenvalue weighted by atomic mass is 35.5. The zero-order valence-corrected chi connectivity index (χ0v) is 20.6. The van der Waals surface area contributed by atoms with Gasteiger partial charge in [0.05, 0.1) is 41.6 Å². The van der Waals surface area contributed by atoms with E-state index in [4.69, 9.17) is 30.5 Å². The van der Waals surface area contributed by atoms with Crippen molar-refractivity contribution in [3.05, 3.63) is 65.2 Å². The van der Waals surface area contributed by atoms with Gasteiger partial charge in [-0.1, -0.05) is 48.0 Å². The second-order valence-corrected chi connectivity index (χ2v) is 9.33. The predicted molar refractivity (Wildman–Crippen MR) is 136 cm³/mol. The predicted octanol–water partition coefficient (Wildman–Crippen LogP) is 4.03. The number of aliphatic hydroxyl groups excluding tert-OH is 1. The summed E-state index contributed by atoms with van der Waals surface area (Å²) < 4.78 is 22.2. The Kier molecular flexibility index (Phi) is 6.29. The van der Waals surface area contributed by atoms with Crippen molar-refractivity contribution in [2.45, 2.75) is 31.3 Å². The van der Waals surface area contributed by atoms with E-state index in [1.54, 1.807) is 25.1 Å². The van der Waals surface area contributed by atoms with Crippen molar-refractivity contribution in [2.75, 3.05) is 19.8 Å². The van der Waals surface area contributed by atoms with Gasteiger partial charge in [-0.2, -0.15) is 4.98 Å². The largest absolute Gasteiger partial charge is 0.462 e. The van der Waals surface area contributed by atoms with Crippen LogP contribution in [0.25, 0.3) is 33.5 Å². The molecule has 0 amide bonds. The van der Waals surface area contributed by atoms with E-state index in [0.29, 0.717) is 40.7 Å². The summed E-state index contributed by atoms with van der Waals surface area (Å²) in [5, 5.41) is 10.4. The van der Waals surface area contributed by atoms with Crippen LogP contribution in [0.1, 0.15) is 17.3 Å². The molecule has 0 aliphatic carbocycles. The van der Waals surface area contributed by atoms with Crippen LogP contribution in [-0.4, -0.2) is 70.3 Å². The van der Waals surface area contributed by atoms with Crippen molar-refractivity contribution in [1.29, 1.82) is 0 Å². The fraction of sp³-hybridized carbons (Fsp3) is 0.296. The van der Waals surface area contributed by atoms with Crippen molar-refractivity contribution in [3.63, 3.8) is 0 Å². The van der Waals surface area contributed by atoms with E-state index >= 15 is 0 Å². The van der Waals surface area contributed by atoms with Gasteiger partial charge >= 0.3 is 5.97 Å². The highest BCUT2D eigenvalue weighted by Gasteiger charge is 2.48. The van der Waals surface area contributed by atoms with Crippen molar-refractivity contribution < 1.29 is 28.8 Å². The van der Waals surface area contributed by atoms with E-state index in [0.717, 1.165) is 16.7 Å². The first-order valence-corrected chi connectivity index (χ1v) is 12.4. The topological polar surface area (TPSA) is 116 Å².